The van der Waals surface area contributed by atoms with E-state index in [1.807, 2.05) is 20.8 Å². The first-order valence-corrected chi connectivity index (χ1v) is 5.54. The van der Waals surface area contributed by atoms with Crippen LogP contribution in [0.2, 0.25) is 0 Å². The number of rotatable bonds is 1. The molecule has 15 heavy (non-hydrogen) atoms. The van der Waals surface area contributed by atoms with Gasteiger partial charge in [-0.3, -0.25) is 0 Å². The van der Waals surface area contributed by atoms with Gasteiger partial charge in [-0.15, -0.1) is 0 Å². The topological polar surface area (TPSA) is 58.6 Å². The second kappa shape index (κ2) is 3.37. The third-order valence-electron chi connectivity index (χ3n) is 3.09. The molecule has 2 N–H and O–H groups in total. The summed E-state index contributed by atoms with van der Waals surface area (Å²) in [6, 6.07) is -0.108. The van der Waals surface area contributed by atoms with Gasteiger partial charge in [0, 0.05) is 0 Å². The number of alkyl carbamates (subject to hydrolysis) is 1. The molecular weight excluding hydrogens is 194 g/mol. The highest BCUT2D eigenvalue weighted by atomic mass is 16.6. The predicted octanol–water partition coefficient (Wildman–Crippen LogP) is 1.28. The van der Waals surface area contributed by atoms with Crippen molar-refractivity contribution in [2.45, 2.75) is 51.4 Å². The Bertz CT molecular complexity index is 271. The Kier molecular flexibility index (Phi) is 2.41. The molecule has 2 fully saturated rings. The maximum atomic E-state index is 11.4. The smallest absolute Gasteiger partial charge is 0.407 e. The SMILES string of the molecule is CC(C)(C)OC(=O)N[C@H]1C[C@H]2C[C@H]2[C@H]1O. The zero-order chi connectivity index (χ0) is 11.2. The van der Waals surface area contributed by atoms with Crippen molar-refractivity contribution < 1.29 is 14.6 Å². The van der Waals surface area contributed by atoms with Crippen LogP contribution in [-0.4, -0.2) is 28.9 Å². The van der Waals surface area contributed by atoms with Crippen LogP contribution in [-0.2, 0) is 4.74 Å². The first-order valence-electron chi connectivity index (χ1n) is 5.54. The van der Waals surface area contributed by atoms with E-state index in [1.54, 1.807) is 0 Å². The van der Waals surface area contributed by atoms with Crippen LogP contribution in [0.1, 0.15) is 33.6 Å². The van der Waals surface area contributed by atoms with E-state index in [0.29, 0.717) is 11.8 Å². The normalized spacial score (nSPS) is 38.4. The van der Waals surface area contributed by atoms with Crippen LogP contribution >= 0.6 is 0 Å². The number of aliphatic hydroxyl groups is 1. The molecule has 4 atom stereocenters. The molecule has 0 unspecified atom stereocenters. The molecule has 4 nitrogen and oxygen atoms in total. The van der Waals surface area contributed by atoms with Gasteiger partial charge in [0.2, 0.25) is 0 Å². The summed E-state index contributed by atoms with van der Waals surface area (Å²) in [4.78, 5) is 11.4. The van der Waals surface area contributed by atoms with Gasteiger partial charge in [0.25, 0.3) is 0 Å². The summed E-state index contributed by atoms with van der Waals surface area (Å²) >= 11 is 0. The Morgan fingerprint density at radius 2 is 2.07 bits per heavy atom. The highest BCUT2D eigenvalue weighted by Crippen LogP contribution is 2.51. The lowest BCUT2D eigenvalue weighted by molar-refractivity contribution is 0.0428. The Morgan fingerprint density at radius 1 is 1.40 bits per heavy atom. The number of fused-ring (bicyclic) bond motifs is 1. The molecule has 0 saturated heterocycles. The largest absolute Gasteiger partial charge is 0.444 e. The molecule has 0 aliphatic heterocycles. The number of carbonyl (C=O) groups is 1. The third-order valence-corrected chi connectivity index (χ3v) is 3.09. The maximum Gasteiger partial charge on any atom is 0.407 e. The van der Waals surface area contributed by atoms with Gasteiger partial charge in [-0.2, -0.15) is 0 Å². The van der Waals surface area contributed by atoms with Crippen molar-refractivity contribution in [3.05, 3.63) is 0 Å². The quantitative estimate of drug-likeness (QED) is 0.690. The van der Waals surface area contributed by atoms with Crippen molar-refractivity contribution in [2.75, 3.05) is 0 Å². The van der Waals surface area contributed by atoms with Crippen LogP contribution in [0.15, 0.2) is 0 Å². The number of amides is 1. The fraction of sp³-hybridized carbons (Fsp3) is 0.909. The monoisotopic (exact) mass is 213 g/mol. The van der Waals surface area contributed by atoms with Crippen molar-refractivity contribution in [3.63, 3.8) is 0 Å². The molecule has 0 radical (unpaired) electrons. The van der Waals surface area contributed by atoms with E-state index in [4.69, 9.17) is 4.74 Å². The number of carbonyl (C=O) groups excluding carboxylic acids is 1. The molecule has 1 amide bonds. The van der Waals surface area contributed by atoms with Gasteiger partial charge in [-0.1, -0.05) is 0 Å². The fourth-order valence-electron chi connectivity index (χ4n) is 2.33. The van der Waals surface area contributed by atoms with E-state index >= 15 is 0 Å². The van der Waals surface area contributed by atoms with Gasteiger partial charge in [0.15, 0.2) is 0 Å². The van der Waals surface area contributed by atoms with E-state index in [2.05, 4.69) is 5.32 Å². The van der Waals surface area contributed by atoms with Crippen molar-refractivity contribution >= 4 is 6.09 Å². The van der Waals surface area contributed by atoms with Gasteiger partial charge < -0.3 is 15.2 Å². The predicted molar refractivity (Wildman–Crippen MR) is 55.4 cm³/mol. The number of aliphatic hydroxyl groups excluding tert-OH is 1. The van der Waals surface area contributed by atoms with Gasteiger partial charge in [0.1, 0.15) is 5.60 Å². The summed E-state index contributed by atoms with van der Waals surface area (Å²) < 4.78 is 5.14. The van der Waals surface area contributed by atoms with Crippen LogP contribution in [0.5, 0.6) is 0 Å². The van der Waals surface area contributed by atoms with E-state index in [9.17, 15) is 9.90 Å². The zero-order valence-corrected chi connectivity index (χ0v) is 9.49. The van der Waals surface area contributed by atoms with Crippen molar-refractivity contribution in [1.29, 1.82) is 0 Å². The third kappa shape index (κ3) is 2.43. The minimum atomic E-state index is -0.476. The van der Waals surface area contributed by atoms with Crippen LogP contribution in [0.4, 0.5) is 4.79 Å². The Balaban J connectivity index is 1.80. The van der Waals surface area contributed by atoms with Gasteiger partial charge in [0.05, 0.1) is 12.1 Å². The molecule has 0 aromatic heterocycles. The van der Waals surface area contributed by atoms with Crippen LogP contribution < -0.4 is 5.32 Å². The number of hydrogen-bond acceptors (Lipinski definition) is 3. The Morgan fingerprint density at radius 3 is 2.53 bits per heavy atom. The van der Waals surface area contributed by atoms with Crippen LogP contribution in [0.25, 0.3) is 0 Å². The molecule has 4 heteroatoms. The second-order valence-corrected chi connectivity index (χ2v) is 5.64. The van der Waals surface area contributed by atoms with Crippen molar-refractivity contribution in [2.24, 2.45) is 11.8 Å². The van der Waals surface area contributed by atoms with E-state index in [-0.39, 0.29) is 12.1 Å². The Hall–Kier alpha value is -0.770. The lowest BCUT2D eigenvalue weighted by Crippen LogP contribution is -2.44. The van der Waals surface area contributed by atoms with Gasteiger partial charge in [-0.05, 0) is 45.4 Å². The minimum Gasteiger partial charge on any atom is -0.444 e. The molecule has 0 aromatic carbocycles. The highest BCUT2D eigenvalue weighted by molar-refractivity contribution is 5.68. The summed E-state index contributed by atoms with van der Waals surface area (Å²) in [5.74, 6) is 1.05. The molecule has 2 rings (SSSR count). The summed E-state index contributed by atoms with van der Waals surface area (Å²) in [7, 11) is 0. The molecule has 0 bridgehead atoms. The molecular formula is C11H19NO3. The lowest BCUT2D eigenvalue weighted by Gasteiger charge is -2.24. The lowest BCUT2D eigenvalue weighted by atomic mass is 10.1. The molecule has 2 aliphatic carbocycles. The molecule has 2 aliphatic rings. The summed E-state index contributed by atoms with van der Waals surface area (Å²) in [5, 5.41) is 12.5. The van der Waals surface area contributed by atoms with Gasteiger partial charge >= 0.3 is 6.09 Å². The number of ether oxygens (including phenoxy) is 1. The first-order chi connectivity index (χ1) is 6.87. The molecule has 0 aromatic rings. The van der Waals surface area contributed by atoms with Crippen LogP contribution in [0, 0.1) is 11.8 Å². The Labute approximate surface area is 90.0 Å². The van der Waals surface area contributed by atoms with Crippen molar-refractivity contribution in [1.82, 2.24) is 5.32 Å². The number of nitrogens with one attached hydrogen (secondary N) is 1. The van der Waals surface area contributed by atoms with Crippen molar-refractivity contribution in [3.8, 4) is 0 Å². The van der Waals surface area contributed by atoms with Crippen LogP contribution in [0.3, 0.4) is 0 Å². The zero-order valence-electron chi connectivity index (χ0n) is 9.49. The van der Waals surface area contributed by atoms with E-state index < -0.39 is 11.7 Å². The molecule has 2 saturated carbocycles. The first kappa shape index (κ1) is 10.7. The standard InChI is InChI=1S/C11H19NO3/c1-11(2,3)15-10(14)12-8-5-6-4-7(6)9(8)13/h6-9,13H,4-5H2,1-3H3,(H,12,14)/t6-,7-,8+,9-/m1/s1. The fourth-order valence-corrected chi connectivity index (χ4v) is 2.33. The average Bonchev–Trinajstić information content (AvgIpc) is 2.72. The van der Waals surface area contributed by atoms with Gasteiger partial charge in [-0.25, -0.2) is 4.79 Å². The van der Waals surface area contributed by atoms with E-state index in [1.165, 1.54) is 0 Å². The number of hydrogen-bond donors (Lipinski definition) is 2. The second-order valence-electron chi connectivity index (χ2n) is 5.64. The van der Waals surface area contributed by atoms with E-state index in [0.717, 1.165) is 12.8 Å². The highest BCUT2D eigenvalue weighted by Gasteiger charge is 2.53. The summed E-state index contributed by atoms with van der Waals surface area (Å²) in [6.07, 6.45) is 1.22. The summed E-state index contributed by atoms with van der Waals surface area (Å²) in [6.45, 7) is 5.49. The molecule has 0 heterocycles. The molecule has 0 spiro atoms. The maximum absolute atomic E-state index is 11.4. The summed E-state index contributed by atoms with van der Waals surface area (Å²) in [5.41, 5.74) is -0.476. The minimum absolute atomic E-state index is 0.108. The average molecular weight is 213 g/mol. The molecule has 86 valence electrons.